The van der Waals surface area contributed by atoms with Gasteiger partial charge in [-0.05, 0) is 277 Å². The lowest BCUT2D eigenvalue weighted by Crippen LogP contribution is -2.41. The minimum atomic E-state index is -1.31. The van der Waals surface area contributed by atoms with Crippen molar-refractivity contribution < 1.29 is 101 Å². The van der Waals surface area contributed by atoms with Crippen LogP contribution in [-0.2, 0) is 147 Å². The summed E-state index contributed by atoms with van der Waals surface area (Å²) in [7, 11) is 1.32. The number of carbonyl (C=O) groups excluding carboxylic acids is 17. The molecule has 8 aliphatic rings. The Hall–Kier alpha value is -12.8. The van der Waals surface area contributed by atoms with E-state index in [1.807, 2.05) is 13.8 Å². The number of primary amides is 7. The van der Waals surface area contributed by atoms with Crippen LogP contribution in [0.25, 0.3) is 0 Å². The summed E-state index contributed by atoms with van der Waals surface area (Å²) in [6, 6.07) is 5.69. The van der Waals surface area contributed by atoms with Gasteiger partial charge in [0.15, 0.2) is 11.7 Å². The average molecular weight is 2140 g/mol. The predicted octanol–water partition coefficient (Wildman–Crippen LogP) is 16.3. The van der Waals surface area contributed by atoms with E-state index in [2.05, 4.69) is 48.5 Å². The zero-order valence-electron chi connectivity index (χ0n) is 83.3. The van der Waals surface area contributed by atoms with Gasteiger partial charge >= 0.3 is 17.9 Å². The first kappa shape index (κ1) is 115. The minimum Gasteiger partial charge on any atom is -0.469 e. The molecule has 1 unspecified atom stereocenters. The number of hydrogen-bond acceptors (Lipinski definition) is 29. The Morgan fingerprint density at radius 3 is 1.03 bits per heavy atom. The molecule has 7 aromatic heterocycles. The highest BCUT2D eigenvalue weighted by Gasteiger charge is 2.38. The van der Waals surface area contributed by atoms with E-state index in [0.717, 1.165) is 257 Å². The van der Waals surface area contributed by atoms with Gasteiger partial charge in [0.05, 0.1) is 51.0 Å². The van der Waals surface area contributed by atoms with Crippen molar-refractivity contribution in [2.75, 3.05) is 44.3 Å². The second-order valence-electron chi connectivity index (χ2n) is 37.1. The highest BCUT2D eigenvalue weighted by atomic mass is 32.1. The number of esters is 3. The number of hydrogen-bond donors (Lipinski definition) is 14. The standard InChI is InChI=1S/C16H15N3O4S.2C15H20N2O4S.C14H18N2O4S.C14H18N2O2S.C14H20N2O2S.C14H18N2O2S/c17-14(20)13-10-6-2-4-8-12(10)24-16(13)18-15(21)9-5-1-3-7-11(9)19(22)23;1-8(18)21-15(2,3)14(20)17-13-11(12(16)19)9-6-4-5-7-10(9)22-13;1-21-12(19)8-4-7-11(18)17-15-13(14(16)20)9-5-2-3-6-10(9)22-15;1-7(20-8(2)17)13(19)16-14-11(12(15)18)9-5-3-4-6-10(9)21-14;15-12(17)11-9-6-1-2-7-10(9)19-14(11)16-13(18)8-4-3-5-8;1-8(2)7-11(17)16-14-12(13(15)18)9-5-3-4-6-10(9)19-14;1-2-3-8-11(17)16-14-12(13(15)18)9-6-4-5-7-10(9)19-14/h1,3,5,7H,2,4,6,8H2,(H2,17,20)(H,18,21);4-7H2,1-3H3,(H2,16,19)(H,17,20);2-8H2,1H3,(H2,16,20)(H,17,18);7H,3-6H2,1-2H3,(H2,15,18)(H,16,19);8H,1-7H2,(H2,15,17)(H,16,18);8H,3-7H2,1-2H3,(H2,15,18)(H,16,17);2H,1,3-8H2,(H2,15,18)(H,16,17). The van der Waals surface area contributed by atoms with Crippen LogP contribution in [0.5, 0.6) is 0 Å². The Morgan fingerprint density at radius 1 is 0.418 bits per heavy atom. The van der Waals surface area contributed by atoms with Crippen molar-refractivity contribution in [2.45, 2.75) is 298 Å². The Bertz CT molecular complexity index is 6300. The number of para-hydroxylation sites is 1. The van der Waals surface area contributed by atoms with Crippen molar-refractivity contribution in [3.63, 3.8) is 0 Å². The molecule has 786 valence electrons. The van der Waals surface area contributed by atoms with Gasteiger partial charge in [0.1, 0.15) is 40.6 Å². The van der Waals surface area contributed by atoms with Gasteiger partial charge in [-0.2, -0.15) is 0 Å². The number of allylic oxidation sites excluding steroid dienone is 1. The molecule has 16 rings (SSSR count). The summed E-state index contributed by atoms with van der Waals surface area (Å²) in [5.74, 6) is -6.32. The maximum Gasteiger partial charge on any atom is 0.305 e. The van der Waals surface area contributed by atoms with Crippen LogP contribution in [0.15, 0.2) is 36.9 Å². The van der Waals surface area contributed by atoms with Crippen LogP contribution in [0, 0.1) is 22.0 Å². The number of nitro groups is 1. The summed E-state index contributed by atoms with van der Waals surface area (Å²) < 4.78 is 14.4. The summed E-state index contributed by atoms with van der Waals surface area (Å²) in [5, 5.41) is 34.2. The van der Waals surface area contributed by atoms with Crippen LogP contribution in [-0.4, -0.2) is 124 Å². The highest BCUT2D eigenvalue weighted by molar-refractivity contribution is 7.19. The molecule has 7 heterocycles. The van der Waals surface area contributed by atoms with Gasteiger partial charge in [-0.25, -0.2) is 0 Å². The summed E-state index contributed by atoms with van der Waals surface area (Å²) in [5.41, 5.74) is 46.9. The number of nitrogens with one attached hydrogen (secondary N) is 7. The largest absolute Gasteiger partial charge is 0.469 e. The first-order valence-electron chi connectivity index (χ1n) is 48.9. The van der Waals surface area contributed by atoms with Gasteiger partial charge in [-0.15, -0.1) is 85.9 Å². The van der Waals surface area contributed by atoms with Gasteiger partial charge in [-0.3, -0.25) is 91.6 Å². The molecule has 44 heteroatoms. The lowest BCUT2D eigenvalue weighted by Gasteiger charge is -2.23. The van der Waals surface area contributed by atoms with Gasteiger partial charge in [0.25, 0.3) is 64.8 Å². The molecule has 0 aliphatic heterocycles. The zero-order chi connectivity index (χ0) is 107. The normalized spacial score (nSPS) is 14.5. The number of methoxy groups -OCH3 is 1. The number of anilines is 7. The second kappa shape index (κ2) is 54.1. The molecule has 1 atom stereocenters. The summed E-state index contributed by atoms with van der Waals surface area (Å²) in [6.45, 7) is 14.5. The molecule has 1 fully saturated rings. The molecular weight excluding hydrogens is 2010 g/mol. The Morgan fingerprint density at radius 2 is 0.726 bits per heavy atom. The summed E-state index contributed by atoms with van der Waals surface area (Å²) >= 11 is 10.1. The molecule has 0 radical (unpaired) electrons. The Kier molecular flexibility index (Phi) is 42.7. The third kappa shape index (κ3) is 30.9. The van der Waals surface area contributed by atoms with E-state index < -0.39 is 87.6 Å². The van der Waals surface area contributed by atoms with Crippen LogP contribution < -0.4 is 77.4 Å². The quantitative estimate of drug-likeness (QED) is 0.00653. The van der Waals surface area contributed by atoms with Crippen molar-refractivity contribution in [1.82, 2.24) is 0 Å². The fraction of sp³-hybridized carbons (Fsp3) is 0.480. The number of ether oxygens (including phenoxy) is 3. The molecule has 0 bridgehead atoms. The molecule has 146 heavy (non-hydrogen) atoms. The first-order chi connectivity index (χ1) is 69.4. The number of nitrogens with zero attached hydrogens (tertiary/aromatic N) is 1. The Balaban J connectivity index is 0.000000175. The first-order valence-corrected chi connectivity index (χ1v) is 54.7. The van der Waals surface area contributed by atoms with Crippen molar-refractivity contribution >= 4 is 221 Å². The van der Waals surface area contributed by atoms with Crippen molar-refractivity contribution in [2.24, 2.45) is 52.0 Å². The van der Waals surface area contributed by atoms with Gasteiger partial charge in [-0.1, -0.05) is 38.5 Å². The number of rotatable bonds is 30. The van der Waals surface area contributed by atoms with E-state index in [4.69, 9.17) is 49.6 Å². The maximum atomic E-state index is 12.5. The van der Waals surface area contributed by atoms with Crippen LogP contribution >= 0.6 is 79.4 Å². The van der Waals surface area contributed by atoms with Gasteiger partial charge < -0.3 is 91.6 Å². The van der Waals surface area contributed by atoms with E-state index in [1.165, 1.54) is 154 Å². The monoisotopic (exact) mass is 2140 g/mol. The van der Waals surface area contributed by atoms with E-state index in [-0.39, 0.29) is 59.6 Å². The summed E-state index contributed by atoms with van der Waals surface area (Å²) in [4.78, 5) is 218. The van der Waals surface area contributed by atoms with E-state index in [0.29, 0.717) is 106 Å². The smallest absolute Gasteiger partial charge is 0.305 e. The number of fused-ring (bicyclic) bond motifs is 7. The molecule has 14 amide bonds. The third-order valence-corrected chi connectivity index (χ3v) is 33.7. The molecule has 1 aromatic carbocycles. The van der Waals surface area contributed by atoms with Crippen LogP contribution in [0.2, 0.25) is 0 Å². The number of thiophene rings is 7. The lowest BCUT2D eigenvalue weighted by atomic mass is 9.85. The van der Waals surface area contributed by atoms with Crippen LogP contribution in [0.1, 0.15) is 352 Å². The molecule has 0 spiro atoms. The summed E-state index contributed by atoms with van der Waals surface area (Å²) in [6.07, 6.45) is 33.5. The maximum absolute atomic E-state index is 12.5. The van der Waals surface area contributed by atoms with E-state index in [1.54, 1.807) is 12.1 Å². The number of nitrogens with two attached hydrogens (primary N) is 7. The molecule has 37 nitrogen and oxygen atoms in total. The SMILES string of the molecule is C=CCCC(=O)Nc1sc2c(c1C(N)=O)CCCC2.CC(=O)OC(C)(C)C(=O)Nc1sc2c(c1C(N)=O)CCCC2.CC(=O)OC(C)C(=O)Nc1sc2c(c1C(N)=O)CCCC2.CC(C)CC(=O)Nc1sc2c(c1C(N)=O)CCCC2.COC(=O)CCCC(=O)Nc1sc2c(c1C(N)=O)CCCC2.NC(=O)c1c(NC(=O)C2CCC2)sc2c1CCCC2.NC(=O)c1c(NC(=O)c2ccccc2[N+](=O)[O-])sc2c1CCCC2. The number of nitro benzene ring substituents is 1. The second-order valence-corrected chi connectivity index (χ2v) is 44.8. The molecule has 8 aromatic rings. The molecule has 21 N–H and O–H groups in total. The van der Waals surface area contributed by atoms with Crippen molar-refractivity contribution in [1.29, 1.82) is 0 Å². The molecular formula is C102H129N15O22S7. The van der Waals surface area contributed by atoms with E-state index in [9.17, 15) is 91.6 Å². The molecule has 0 saturated heterocycles. The van der Waals surface area contributed by atoms with E-state index >= 15 is 0 Å². The number of aryl methyl sites for hydroxylation is 7. The van der Waals surface area contributed by atoms with Crippen molar-refractivity contribution in [3.8, 4) is 0 Å². The van der Waals surface area contributed by atoms with Gasteiger partial charge in [0, 0.05) is 85.7 Å². The number of benzene rings is 1. The topological polar surface area (TPSA) is 627 Å². The molecule has 1 saturated carbocycles. The van der Waals surface area contributed by atoms with Crippen LogP contribution in [0.4, 0.5) is 40.7 Å². The van der Waals surface area contributed by atoms with Crippen LogP contribution in [0.3, 0.4) is 0 Å². The van der Waals surface area contributed by atoms with Gasteiger partial charge in [0.2, 0.25) is 23.6 Å². The average Bonchev–Trinajstić information content (AvgIpc) is 1.92. The third-order valence-electron chi connectivity index (χ3n) is 25.3. The highest BCUT2D eigenvalue weighted by Crippen LogP contribution is 2.46. The minimum absolute atomic E-state index is 0.0453. The number of amides is 14. The zero-order valence-corrected chi connectivity index (χ0v) is 89.0. The van der Waals surface area contributed by atoms with Crippen molar-refractivity contribution in [3.05, 3.63) is 165 Å². The number of carbonyl (C=O) groups is 17. The fourth-order valence-corrected chi connectivity index (χ4v) is 27.2. The predicted molar refractivity (Wildman–Crippen MR) is 568 cm³/mol. The Labute approximate surface area is 873 Å². The fourth-order valence-electron chi connectivity index (χ4n) is 18.1. The molecule has 8 aliphatic carbocycles. The lowest BCUT2D eigenvalue weighted by molar-refractivity contribution is -0.385.